The maximum absolute atomic E-state index is 13.5. The normalized spacial score (nSPS) is 13.0. The molecular weight excluding hydrogens is 312 g/mol. The Morgan fingerprint density at radius 2 is 1.96 bits per heavy atom. The fraction of sp³-hybridized carbons (Fsp3) is 0.400. The first kappa shape index (κ1) is 18.5. The van der Waals surface area contributed by atoms with Gasteiger partial charge in [-0.15, -0.1) is 0 Å². The Morgan fingerprint density at radius 3 is 2.52 bits per heavy atom. The van der Waals surface area contributed by atoms with E-state index in [1.807, 2.05) is 0 Å². The summed E-state index contributed by atoms with van der Waals surface area (Å²) in [6.07, 6.45) is -0.239. The van der Waals surface area contributed by atoms with Gasteiger partial charge in [0.2, 0.25) is 0 Å². The molecule has 8 heteroatoms. The lowest BCUT2D eigenvalue weighted by Crippen LogP contribution is -2.43. The molecule has 0 unspecified atom stereocenters. The van der Waals surface area contributed by atoms with Gasteiger partial charge in [-0.05, 0) is 25.5 Å². The van der Waals surface area contributed by atoms with Crippen LogP contribution < -0.4 is 5.32 Å². The van der Waals surface area contributed by atoms with E-state index in [0.717, 1.165) is 18.2 Å². The Hall–Kier alpha value is -2.51. The highest BCUT2D eigenvalue weighted by atomic mass is 19.2. The van der Waals surface area contributed by atoms with E-state index in [1.54, 1.807) is 6.92 Å². The molecule has 0 heterocycles. The van der Waals surface area contributed by atoms with Gasteiger partial charge in [0.05, 0.1) is 18.1 Å². The lowest BCUT2D eigenvalue weighted by atomic mass is 10.0. The number of rotatable bonds is 7. The second-order valence-corrected chi connectivity index (χ2v) is 4.85. The van der Waals surface area contributed by atoms with Crippen molar-refractivity contribution in [3.05, 3.63) is 35.4 Å². The number of halogens is 2. The molecule has 0 saturated heterocycles. The van der Waals surface area contributed by atoms with Crippen LogP contribution in [0.4, 0.5) is 8.78 Å². The maximum Gasteiger partial charge on any atom is 0.326 e. The molecule has 1 aromatic carbocycles. The van der Waals surface area contributed by atoms with Crippen molar-refractivity contribution in [3.8, 4) is 0 Å². The first-order chi connectivity index (χ1) is 10.8. The molecule has 0 saturated carbocycles. The largest absolute Gasteiger partial charge is 0.480 e. The molecule has 0 fully saturated rings. The quantitative estimate of drug-likeness (QED) is 0.743. The van der Waals surface area contributed by atoms with E-state index in [9.17, 15) is 23.2 Å². The molecule has 126 valence electrons. The van der Waals surface area contributed by atoms with Crippen LogP contribution in [0.3, 0.4) is 0 Å². The number of carbonyl (C=O) groups is 3. The minimum atomic E-state index is -1.44. The van der Waals surface area contributed by atoms with Gasteiger partial charge in [0, 0.05) is 0 Å². The minimum Gasteiger partial charge on any atom is -0.480 e. The van der Waals surface area contributed by atoms with E-state index in [4.69, 9.17) is 9.84 Å². The number of hydrogen-bond donors (Lipinski definition) is 2. The molecule has 2 atom stereocenters. The van der Waals surface area contributed by atoms with Crippen LogP contribution in [0.1, 0.15) is 30.6 Å². The van der Waals surface area contributed by atoms with Crippen molar-refractivity contribution >= 4 is 17.8 Å². The number of carboxylic acid groups (broad SMARTS) is 1. The Kier molecular flexibility index (Phi) is 6.62. The van der Waals surface area contributed by atoms with Crippen molar-refractivity contribution in [2.45, 2.75) is 26.3 Å². The first-order valence-electron chi connectivity index (χ1n) is 6.92. The fourth-order valence-electron chi connectivity index (χ4n) is 1.87. The van der Waals surface area contributed by atoms with Crippen LogP contribution in [0.5, 0.6) is 0 Å². The van der Waals surface area contributed by atoms with Crippen molar-refractivity contribution in [1.29, 1.82) is 0 Å². The third kappa shape index (κ3) is 5.01. The van der Waals surface area contributed by atoms with Gasteiger partial charge in [-0.2, -0.15) is 0 Å². The van der Waals surface area contributed by atoms with Crippen LogP contribution in [0.2, 0.25) is 0 Å². The van der Waals surface area contributed by atoms with Crippen LogP contribution in [0, 0.1) is 17.6 Å². The topological polar surface area (TPSA) is 92.7 Å². The lowest BCUT2D eigenvalue weighted by Gasteiger charge is -2.18. The summed E-state index contributed by atoms with van der Waals surface area (Å²) in [5, 5.41) is 11.2. The number of amides is 1. The summed E-state index contributed by atoms with van der Waals surface area (Å²) < 4.78 is 31.4. The van der Waals surface area contributed by atoms with Crippen LogP contribution in [-0.4, -0.2) is 35.6 Å². The number of nitrogens with one attached hydrogen (secondary N) is 1. The van der Waals surface area contributed by atoms with Gasteiger partial charge in [-0.25, -0.2) is 13.6 Å². The third-order valence-corrected chi connectivity index (χ3v) is 3.08. The predicted octanol–water partition coefficient (Wildman–Crippen LogP) is 1.74. The molecule has 1 amide bonds. The van der Waals surface area contributed by atoms with Crippen LogP contribution in [-0.2, 0) is 14.3 Å². The highest BCUT2D eigenvalue weighted by Gasteiger charge is 2.28. The second-order valence-electron chi connectivity index (χ2n) is 4.85. The number of hydrogen-bond acceptors (Lipinski definition) is 4. The summed E-state index contributed by atoms with van der Waals surface area (Å²) in [4.78, 5) is 34.6. The molecule has 1 aromatic rings. The highest BCUT2D eigenvalue weighted by molar-refractivity contribution is 5.96. The van der Waals surface area contributed by atoms with Crippen molar-refractivity contribution in [3.63, 3.8) is 0 Å². The summed E-state index contributed by atoms with van der Waals surface area (Å²) >= 11 is 0. The van der Waals surface area contributed by atoms with Gasteiger partial charge < -0.3 is 15.2 Å². The van der Waals surface area contributed by atoms with Gasteiger partial charge in [-0.1, -0.05) is 13.0 Å². The number of carbonyl (C=O) groups excluding carboxylic acids is 2. The first-order valence-corrected chi connectivity index (χ1v) is 6.92. The Bertz CT molecular complexity index is 606. The molecule has 23 heavy (non-hydrogen) atoms. The van der Waals surface area contributed by atoms with Gasteiger partial charge in [0.15, 0.2) is 11.6 Å². The Labute approximate surface area is 131 Å². The number of esters is 1. The molecular formula is C15H17F2NO5. The number of ether oxygens (including phenoxy) is 1. The summed E-state index contributed by atoms with van der Waals surface area (Å²) in [5.41, 5.74) is -0.611. The zero-order chi connectivity index (χ0) is 17.6. The molecule has 0 aliphatic rings. The average molecular weight is 329 g/mol. The predicted molar refractivity (Wildman–Crippen MR) is 75.7 cm³/mol. The van der Waals surface area contributed by atoms with E-state index in [2.05, 4.69) is 5.32 Å². The molecule has 6 nitrogen and oxygen atoms in total. The standard InChI is InChI=1S/C15H17F2NO5/c1-3-23-15(22)8(2)7-11(14(20)21)18-13(19)9-5-4-6-10(16)12(9)17/h4-6,8,11H,3,7H2,1-2H3,(H,18,19)(H,20,21)/t8-,11-/m0/s1. The lowest BCUT2D eigenvalue weighted by molar-refractivity contribution is -0.148. The highest BCUT2D eigenvalue weighted by Crippen LogP contribution is 2.13. The molecule has 0 aliphatic carbocycles. The third-order valence-electron chi connectivity index (χ3n) is 3.08. The van der Waals surface area contributed by atoms with Crippen LogP contribution in [0.15, 0.2) is 18.2 Å². The average Bonchev–Trinajstić information content (AvgIpc) is 2.49. The summed E-state index contributed by atoms with van der Waals surface area (Å²) in [7, 11) is 0. The minimum absolute atomic E-state index is 0.141. The second kappa shape index (κ2) is 8.21. The van der Waals surface area contributed by atoms with Crippen LogP contribution >= 0.6 is 0 Å². The molecule has 0 bridgehead atoms. The van der Waals surface area contributed by atoms with Gasteiger partial charge in [0.1, 0.15) is 6.04 Å². The van der Waals surface area contributed by atoms with Crippen LogP contribution in [0.25, 0.3) is 0 Å². The summed E-state index contributed by atoms with van der Waals surface area (Å²) in [6, 6.07) is 1.56. The molecule has 0 radical (unpaired) electrons. The molecule has 1 rings (SSSR count). The molecule has 0 spiro atoms. The van der Waals surface area contributed by atoms with Gasteiger partial charge in [0.25, 0.3) is 5.91 Å². The zero-order valence-electron chi connectivity index (χ0n) is 12.6. The molecule has 0 aromatic heterocycles. The van der Waals surface area contributed by atoms with Gasteiger partial charge in [-0.3, -0.25) is 9.59 Å². The van der Waals surface area contributed by atoms with E-state index >= 15 is 0 Å². The molecule has 2 N–H and O–H groups in total. The zero-order valence-corrected chi connectivity index (χ0v) is 12.6. The summed E-state index contributed by atoms with van der Waals surface area (Å²) in [5.74, 6) is -6.45. The van der Waals surface area contributed by atoms with E-state index in [-0.39, 0.29) is 13.0 Å². The SMILES string of the molecule is CCOC(=O)[C@@H](C)C[C@H](NC(=O)c1cccc(F)c1F)C(=O)O. The van der Waals surface area contributed by atoms with E-state index in [1.165, 1.54) is 6.92 Å². The number of aliphatic carboxylic acids is 1. The number of benzene rings is 1. The van der Waals surface area contributed by atoms with Gasteiger partial charge >= 0.3 is 11.9 Å². The Morgan fingerprint density at radius 1 is 1.30 bits per heavy atom. The molecule has 0 aliphatic heterocycles. The fourth-order valence-corrected chi connectivity index (χ4v) is 1.87. The van der Waals surface area contributed by atoms with Crippen molar-refractivity contribution < 1.29 is 33.0 Å². The monoisotopic (exact) mass is 329 g/mol. The smallest absolute Gasteiger partial charge is 0.326 e. The van der Waals surface area contributed by atoms with E-state index in [0.29, 0.717) is 0 Å². The Balaban J connectivity index is 2.84. The van der Waals surface area contributed by atoms with Crippen molar-refractivity contribution in [2.75, 3.05) is 6.61 Å². The summed E-state index contributed by atoms with van der Waals surface area (Å²) in [6.45, 7) is 3.19. The number of carboxylic acids is 1. The van der Waals surface area contributed by atoms with Crippen molar-refractivity contribution in [1.82, 2.24) is 5.32 Å². The van der Waals surface area contributed by atoms with Crippen molar-refractivity contribution in [2.24, 2.45) is 5.92 Å². The van der Waals surface area contributed by atoms with E-state index < -0.39 is 47.0 Å². The maximum atomic E-state index is 13.5.